The van der Waals surface area contributed by atoms with E-state index in [1.165, 1.54) is 11.1 Å². The van der Waals surface area contributed by atoms with Crippen molar-refractivity contribution < 1.29 is 4.74 Å². The van der Waals surface area contributed by atoms with E-state index < -0.39 is 0 Å². The van der Waals surface area contributed by atoms with E-state index in [4.69, 9.17) is 4.74 Å². The fraction of sp³-hybridized carbons (Fsp3) is 0.375. The zero-order valence-corrected chi connectivity index (χ0v) is 11.4. The first-order valence-electron chi connectivity index (χ1n) is 6.47. The first kappa shape index (κ1) is 12.7. The molecule has 0 saturated heterocycles. The molecule has 2 aromatic rings. The minimum absolute atomic E-state index is 0.604. The second-order valence-electron chi connectivity index (χ2n) is 4.94. The van der Waals surface area contributed by atoms with E-state index in [1.807, 2.05) is 12.1 Å². The molecule has 0 aliphatic heterocycles. The Balaban J connectivity index is 1.93. The van der Waals surface area contributed by atoms with Gasteiger partial charge in [0.25, 0.3) is 0 Å². The SMILES string of the molecule is COc1ccc(CCn2ccc(C(C)C)c2)cc1. The quantitative estimate of drug-likeness (QED) is 0.777. The van der Waals surface area contributed by atoms with Crippen LogP contribution in [0.3, 0.4) is 0 Å². The summed E-state index contributed by atoms with van der Waals surface area (Å²) in [5.74, 6) is 1.52. The van der Waals surface area contributed by atoms with Crippen LogP contribution in [0.4, 0.5) is 0 Å². The van der Waals surface area contributed by atoms with Gasteiger partial charge in [-0.25, -0.2) is 0 Å². The van der Waals surface area contributed by atoms with Gasteiger partial charge in [-0.05, 0) is 41.7 Å². The molecular weight excluding hydrogens is 222 g/mol. The molecule has 0 spiro atoms. The smallest absolute Gasteiger partial charge is 0.118 e. The van der Waals surface area contributed by atoms with Crippen molar-refractivity contribution in [3.05, 3.63) is 53.9 Å². The predicted molar refractivity (Wildman–Crippen MR) is 75.2 cm³/mol. The summed E-state index contributed by atoms with van der Waals surface area (Å²) < 4.78 is 7.42. The van der Waals surface area contributed by atoms with Crippen LogP contribution in [0.15, 0.2) is 42.7 Å². The molecule has 1 heterocycles. The molecule has 18 heavy (non-hydrogen) atoms. The highest BCUT2D eigenvalue weighted by atomic mass is 16.5. The number of benzene rings is 1. The van der Waals surface area contributed by atoms with Crippen molar-refractivity contribution in [3.8, 4) is 5.75 Å². The molecule has 0 N–H and O–H groups in total. The molecule has 0 saturated carbocycles. The van der Waals surface area contributed by atoms with Crippen molar-refractivity contribution in [1.29, 1.82) is 0 Å². The summed E-state index contributed by atoms with van der Waals surface area (Å²) in [7, 11) is 1.70. The molecule has 0 atom stereocenters. The third kappa shape index (κ3) is 3.16. The summed E-state index contributed by atoms with van der Waals surface area (Å²) in [6, 6.07) is 10.5. The van der Waals surface area contributed by atoms with E-state index in [9.17, 15) is 0 Å². The molecule has 1 aromatic heterocycles. The van der Waals surface area contributed by atoms with E-state index in [-0.39, 0.29) is 0 Å². The first-order chi connectivity index (χ1) is 8.69. The molecule has 96 valence electrons. The maximum absolute atomic E-state index is 5.16. The Morgan fingerprint density at radius 2 is 1.83 bits per heavy atom. The van der Waals surface area contributed by atoms with Gasteiger partial charge in [0.1, 0.15) is 5.75 Å². The molecule has 0 amide bonds. The molecule has 0 bridgehead atoms. The maximum Gasteiger partial charge on any atom is 0.118 e. The van der Waals surface area contributed by atoms with Gasteiger partial charge < -0.3 is 9.30 Å². The molecule has 2 rings (SSSR count). The van der Waals surface area contributed by atoms with Gasteiger partial charge in [0.05, 0.1) is 7.11 Å². The molecule has 0 fully saturated rings. The van der Waals surface area contributed by atoms with Gasteiger partial charge in [-0.1, -0.05) is 26.0 Å². The van der Waals surface area contributed by atoms with Crippen molar-refractivity contribution in [2.75, 3.05) is 7.11 Å². The highest BCUT2D eigenvalue weighted by Gasteiger charge is 2.01. The van der Waals surface area contributed by atoms with Gasteiger partial charge >= 0.3 is 0 Å². The molecule has 0 unspecified atom stereocenters. The lowest BCUT2D eigenvalue weighted by Gasteiger charge is -2.05. The summed E-state index contributed by atoms with van der Waals surface area (Å²) in [6.45, 7) is 5.48. The van der Waals surface area contributed by atoms with E-state index >= 15 is 0 Å². The molecule has 0 aliphatic rings. The Morgan fingerprint density at radius 3 is 2.39 bits per heavy atom. The normalized spacial score (nSPS) is 10.9. The van der Waals surface area contributed by atoms with Crippen LogP contribution in [0.2, 0.25) is 0 Å². The fourth-order valence-corrected chi connectivity index (χ4v) is 1.99. The lowest BCUT2D eigenvalue weighted by atomic mass is 10.1. The van der Waals surface area contributed by atoms with E-state index in [0.717, 1.165) is 18.7 Å². The topological polar surface area (TPSA) is 14.2 Å². The molecular formula is C16H21NO. The van der Waals surface area contributed by atoms with Crippen molar-refractivity contribution in [3.63, 3.8) is 0 Å². The Hall–Kier alpha value is -1.70. The first-order valence-corrected chi connectivity index (χ1v) is 6.47. The van der Waals surface area contributed by atoms with Gasteiger partial charge in [0.15, 0.2) is 0 Å². The van der Waals surface area contributed by atoms with Gasteiger partial charge in [-0.3, -0.25) is 0 Å². The van der Waals surface area contributed by atoms with E-state index in [1.54, 1.807) is 7.11 Å². The molecule has 0 aliphatic carbocycles. The van der Waals surface area contributed by atoms with Gasteiger partial charge in [0, 0.05) is 18.9 Å². The highest BCUT2D eigenvalue weighted by Crippen LogP contribution is 2.15. The van der Waals surface area contributed by atoms with Crippen LogP contribution in [-0.2, 0) is 13.0 Å². The second-order valence-corrected chi connectivity index (χ2v) is 4.94. The number of aryl methyl sites for hydroxylation is 2. The number of hydrogen-bond acceptors (Lipinski definition) is 1. The zero-order valence-electron chi connectivity index (χ0n) is 11.4. The van der Waals surface area contributed by atoms with E-state index in [0.29, 0.717) is 5.92 Å². The average Bonchev–Trinajstić information content (AvgIpc) is 2.86. The Bertz CT molecular complexity index is 482. The van der Waals surface area contributed by atoms with Gasteiger partial charge in [0.2, 0.25) is 0 Å². The van der Waals surface area contributed by atoms with Crippen molar-refractivity contribution in [2.45, 2.75) is 32.7 Å². The standard InChI is InChI=1S/C16H21NO/c1-13(2)15-9-11-17(12-15)10-8-14-4-6-16(18-3)7-5-14/h4-7,9,11-13H,8,10H2,1-3H3. The molecule has 2 nitrogen and oxygen atoms in total. The Labute approximate surface area is 109 Å². The number of rotatable bonds is 5. The van der Waals surface area contributed by atoms with Crippen molar-refractivity contribution in [1.82, 2.24) is 4.57 Å². The summed E-state index contributed by atoms with van der Waals surface area (Å²) >= 11 is 0. The minimum Gasteiger partial charge on any atom is -0.497 e. The number of nitrogens with zero attached hydrogens (tertiary/aromatic N) is 1. The molecule has 1 aromatic carbocycles. The maximum atomic E-state index is 5.16. The van der Waals surface area contributed by atoms with Crippen LogP contribution in [0.5, 0.6) is 5.75 Å². The largest absolute Gasteiger partial charge is 0.497 e. The minimum atomic E-state index is 0.604. The van der Waals surface area contributed by atoms with Gasteiger partial charge in [-0.2, -0.15) is 0 Å². The third-order valence-corrected chi connectivity index (χ3v) is 3.26. The monoisotopic (exact) mass is 243 g/mol. The van der Waals surface area contributed by atoms with Crippen molar-refractivity contribution >= 4 is 0 Å². The van der Waals surface area contributed by atoms with Crippen LogP contribution in [-0.4, -0.2) is 11.7 Å². The molecule has 2 heteroatoms. The summed E-state index contributed by atoms with van der Waals surface area (Å²) in [5.41, 5.74) is 2.75. The summed E-state index contributed by atoms with van der Waals surface area (Å²) in [5, 5.41) is 0. The average molecular weight is 243 g/mol. The van der Waals surface area contributed by atoms with Crippen LogP contribution in [0.1, 0.15) is 30.9 Å². The number of aromatic nitrogens is 1. The number of ether oxygens (including phenoxy) is 1. The Kier molecular flexibility index (Phi) is 4.08. The van der Waals surface area contributed by atoms with E-state index in [2.05, 4.69) is 49.0 Å². The summed E-state index contributed by atoms with van der Waals surface area (Å²) in [4.78, 5) is 0. The Morgan fingerprint density at radius 1 is 1.11 bits per heavy atom. The molecule has 0 radical (unpaired) electrons. The second kappa shape index (κ2) is 5.76. The summed E-state index contributed by atoms with van der Waals surface area (Å²) in [6.07, 6.45) is 5.46. The number of hydrogen-bond donors (Lipinski definition) is 0. The van der Waals surface area contributed by atoms with Crippen LogP contribution in [0, 0.1) is 0 Å². The lowest BCUT2D eigenvalue weighted by Crippen LogP contribution is -1.98. The van der Waals surface area contributed by atoms with Crippen molar-refractivity contribution in [2.24, 2.45) is 0 Å². The number of methoxy groups -OCH3 is 1. The van der Waals surface area contributed by atoms with Gasteiger partial charge in [-0.15, -0.1) is 0 Å². The lowest BCUT2D eigenvalue weighted by molar-refractivity contribution is 0.414. The fourth-order valence-electron chi connectivity index (χ4n) is 1.99. The zero-order chi connectivity index (χ0) is 13.0. The van der Waals surface area contributed by atoms with Crippen LogP contribution < -0.4 is 4.74 Å². The third-order valence-electron chi connectivity index (χ3n) is 3.26. The highest BCUT2D eigenvalue weighted by molar-refractivity contribution is 5.27. The predicted octanol–water partition coefficient (Wildman–Crippen LogP) is 3.86. The van der Waals surface area contributed by atoms with Crippen LogP contribution in [0.25, 0.3) is 0 Å². The van der Waals surface area contributed by atoms with Crippen LogP contribution >= 0.6 is 0 Å².